The van der Waals surface area contributed by atoms with Crippen LogP contribution in [0.5, 0.6) is 5.75 Å². The summed E-state index contributed by atoms with van der Waals surface area (Å²) in [5, 5.41) is 11.6. The van der Waals surface area contributed by atoms with E-state index in [0.717, 1.165) is 10.8 Å². The summed E-state index contributed by atoms with van der Waals surface area (Å²) in [6, 6.07) is 10.4. The van der Waals surface area contributed by atoms with Crippen LogP contribution in [0.1, 0.15) is 13.8 Å². The number of rotatable bonds is 4. The van der Waals surface area contributed by atoms with Gasteiger partial charge in [0.1, 0.15) is 10.6 Å². The van der Waals surface area contributed by atoms with Crippen LogP contribution in [-0.2, 0) is 10.0 Å². The molecule has 0 fully saturated rings. The molecule has 0 aromatic heterocycles. The van der Waals surface area contributed by atoms with Crippen LogP contribution in [0.15, 0.2) is 41.3 Å². The molecule has 2 rings (SSSR count). The predicted octanol–water partition coefficient (Wildman–Crippen LogP) is 2.58. The topological polar surface area (TPSA) is 57.6 Å². The average molecular weight is 279 g/mol. The molecule has 2 aromatic carbocycles. The van der Waals surface area contributed by atoms with Gasteiger partial charge < -0.3 is 5.11 Å². The smallest absolute Gasteiger partial charge is 0.246 e. The minimum absolute atomic E-state index is 0.0325. The van der Waals surface area contributed by atoms with Crippen molar-refractivity contribution in [2.75, 3.05) is 13.1 Å². The van der Waals surface area contributed by atoms with Gasteiger partial charge in [-0.1, -0.05) is 38.1 Å². The summed E-state index contributed by atoms with van der Waals surface area (Å²) in [7, 11) is -3.64. The fourth-order valence-corrected chi connectivity index (χ4v) is 3.67. The molecule has 0 radical (unpaired) electrons. The van der Waals surface area contributed by atoms with E-state index in [4.69, 9.17) is 0 Å². The van der Waals surface area contributed by atoms with Gasteiger partial charge in [-0.05, 0) is 22.9 Å². The molecule has 1 N–H and O–H groups in total. The van der Waals surface area contributed by atoms with E-state index in [2.05, 4.69) is 0 Å². The normalized spacial score (nSPS) is 12.2. The van der Waals surface area contributed by atoms with E-state index in [1.54, 1.807) is 13.8 Å². The first kappa shape index (κ1) is 13.8. The maximum absolute atomic E-state index is 12.4. The summed E-state index contributed by atoms with van der Waals surface area (Å²) in [6.07, 6.45) is 0. The summed E-state index contributed by atoms with van der Waals surface area (Å²) >= 11 is 0. The molecular formula is C14H17NO3S. The van der Waals surface area contributed by atoms with E-state index < -0.39 is 10.0 Å². The van der Waals surface area contributed by atoms with Crippen LogP contribution in [0.4, 0.5) is 0 Å². The summed E-state index contributed by atoms with van der Waals surface area (Å²) in [5.74, 6) is -0.203. The first-order chi connectivity index (χ1) is 9.00. The Morgan fingerprint density at radius 3 is 2.11 bits per heavy atom. The number of benzene rings is 2. The van der Waals surface area contributed by atoms with Gasteiger partial charge in [-0.25, -0.2) is 8.42 Å². The number of phenols is 1. The standard InChI is InChI=1S/C14H17NO3S/c1-3-15(4-2)19(17,18)14-10-12-8-6-5-7-11(12)9-13(14)16/h5-10,16H,3-4H2,1-2H3. The van der Waals surface area contributed by atoms with E-state index >= 15 is 0 Å². The zero-order chi connectivity index (χ0) is 14.0. The third-order valence-electron chi connectivity index (χ3n) is 3.15. The van der Waals surface area contributed by atoms with Crippen LogP contribution in [0.2, 0.25) is 0 Å². The van der Waals surface area contributed by atoms with Crippen molar-refractivity contribution in [2.45, 2.75) is 18.7 Å². The first-order valence-electron chi connectivity index (χ1n) is 6.22. The van der Waals surface area contributed by atoms with E-state index in [1.807, 2.05) is 24.3 Å². The minimum Gasteiger partial charge on any atom is -0.507 e. The molecule has 0 amide bonds. The van der Waals surface area contributed by atoms with Crippen molar-refractivity contribution in [1.82, 2.24) is 4.31 Å². The van der Waals surface area contributed by atoms with E-state index in [1.165, 1.54) is 16.4 Å². The summed E-state index contributed by atoms with van der Waals surface area (Å²) in [4.78, 5) is -0.0325. The van der Waals surface area contributed by atoms with Crippen molar-refractivity contribution in [3.63, 3.8) is 0 Å². The number of hydrogen-bond donors (Lipinski definition) is 1. The highest BCUT2D eigenvalue weighted by atomic mass is 32.2. The number of sulfonamides is 1. The van der Waals surface area contributed by atoms with Crippen LogP contribution in [-0.4, -0.2) is 30.9 Å². The Morgan fingerprint density at radius 2 is 1.58 bits per heavy atom. The second-order valence-corrected chi connectivity index (χ2v) is 6.16. The summed E-state index contributed by atoms with van der Waals surface area (Å²) in [6.45, 7) is 4.31. The van der Waals surface area contributed by atoms with Crippen molar-refractivity contribution in [3.05, 3.63) is 36.4 Å². The Hall–Kier alpha value is -1.59. The molecule has 0 aliphatic rings. The second kappa shape index (κ2) is 5.19. The third-order valence-corrected chi connectivity index (χ3v) is 5.23. The Balaban J connectivity index is 2.65. The molecule has 19 heavy (non-hydrogen) atoms. The lowest BCUT2D eigenvalue weighted by Crippen LogP contribution is -2.30. The molecule has 0 unspecified atom stereocenters. The molecule has 2 aromatic rings. The van der Waals surface area contributed by atoms with Crippen LogP contribution < -0.4 is 0 Å². The number of phenolic OH excluding ortho intramolecular Hbond substituents is 1. The first-order valence-corrected chi connectivity index (χ1v) is 7.66. The Labute approximate surface area is 113 Å². The lowest BCUT2D eigenvalue weighted by atomic mass is 10.1. The lowest BCUT2D eigenvalue weighted by molar-refractivity contribution is 0.429. The van der Waals surface area contributed by atoms with Gasteiger partial charge in [0.05, 0.1) is 0 Å². The largest absolute Gasteiger partial charge is 0.507 e. The van der Waals surface area contributed by atoms with Crippen LogP contribution >= 0.6 is 0 Å². The monoisotopic (exact) mass is 279 g/mol. The molecule has 0 heterocycles. The molecule has 0 saturated carbocycles. The maximum Gasteiger partial charge on any atom is 0.246 e. The average Bonchev–Trinajstić information content (AvgIpc) is 2.38. The lowest BCUT2D eigenvalue weighted by Gasteiger charge is -2.19. The van der Waals surface area contributed by atoms with Crippen LogP contribution in [0, 0.1) is 0 Å². The fourth-order valence-electron chi connectivity index (χ4n) is 2.12. The van der Waals surface area contributed by atoms with Crippen LogP contribution in [0.3, 0.4) is 0 Å². The van der Waals surface area contributed by atoms with Gasteiger partial charge in [-0.15, -0.1) is 0 Å². The molecule has 0 aliphatic carbocycles. The molecule has 0 aliphatic heterocycles. The number of fused-ring (bicyclic) bond motifs is 1. The highest BCUT2D eigenvalue weighted by Gasteiger charge is 2.25. The molecule has 0 atom stereocenters. The quantitative estimate of drug-likeness (QED) is 0.935. The minimum atomic E-state index is -3.64. The van der Waals surface area contributed by atoms with Gasteiger partial charge in [0.2, 0.25) is 10.0 Å². The SMILES string of the molecule is CCN(CC)S(=O)(=O)c1cc2ccccc2cc1O. The number of aromatic hydroxyl groups is 1. The zero-order valence-electron chi connectivity index (χ0n) is 11.0. The van der Waals surface area contributed by atoms with Gasteiger partial charge in [-0.2, -0.15) is 4.31 Å². The van der Waals surface area contributed by atoms with E-state index in [-0.39, 0.29) is 10.6 Å². The second-order valence-electron chi connectivity index (χ2n) is 4.26. The van der Waals surface area contributed by atoms with E-state index in [9.17, 15) is 13.5 Å². The zero-order valence-corrected chi connectivity index (χ0v) is 11.8. The van der Waals surface area contributed by atoms with Crippen molar-refractivity contribution in [1.29, 1.82) is 0 Å². The Morgan fingerprint density at radius 1 is 1.05 bits per heavy atom. The highest BCUT2D eigenvalue weighted by Crippen LogP contribution is 2.30. The predicted molar refractivity (Wildman–Crippen MR) is 75.7 cm³/mol. The van der Waals surface area contributed by atoms with Gasteiger partial charge in [0.15, 0.2) is 0 Å². The van der Waals surface area contributed by atoms with Gasteiger partial charge in [0, 0.05) is 13.1 Å². The van der Waals surface area contributed by atoms with Crippen LogP contribution in [0.25, 0.3) is 10.8 Å². The number of hydrogen-bond acceptors (Lipinski definition) is 3. The van der Waals surface area contributed by atoms with E-state index in [0.29, 0.717) is 13.1 Å². The van der Waals surface area contributed by atoms with Gasteiger partial charge in [-0.3, -0.25) is 0 Å². The summed E-state index contributed by atoms with van der Waals surface area (Å²) < 4.78 is 26.2. The van der Waals surface area contributed by atoms with Crippen molar-refractivity contribution >= 4 is 20.8 Å². The molecule has 0 spiro atoms. The Kier molecular flexibility index (Phi) is 3.78. The number of nitrogens with zero attached hydrogens (tertiary/aromatic N) is 1. The third kappa shape index (κ3) is 2.43. The molecule has 5 heteroatoms. The van der Waals surface area contributed by atoms with Gasteiger partial charge >= 0.3 is 0 Å². The van der Waals surface area contributed by atoms with Crippen molar-refractivity contribution < 1.29 is 13.5 Å². The maximum atomic E-state index is 12.4. The Bertz CT molecular complexity index is 691. The van der Waals surface area contributed by atoms with Gasteiger partial charge in [0.25, 0.3) is 0 Å². The molecular weight excluding hydrogens is 262 g/mol. The molecule has 0 bridgehead atoms. The molecule has 0 saturated heterocycles. The van der Waals surface area contributed by atoms with Crippen molar-refractivity contribution in [2.24, 2.45) is 0 Å². The molecule has 4 nitrogen and oxygen atoms in total. The van der Waals surface area contributed by atoms with Crippen molar-refractivity contribution in [3.8, 4) is 5.75 Å². The summed E-state index contributed by atoms with van der Waals surface area (Å²) in [5.41, 5.74) is 0. The fraction of sp³-hybridized carbons (Fsp3) is 0.286. The molecule has 102 valence electrons. The highest BCUT2D eigenvalue weighted by molar-refractivity contribution is 7.89.